The van der Waals surface area contributed by atoms with Crippen molar-refractivity contribution in [3.63, 3.8) is 0 Å². The molecule has 1 rings (SSSR count). The molecule has 1 aromatic rings. The molecule has 0 aliphatic carbocycles. The van der Waals surface area contributed by atoms with Crippen LogP contribution < -0.4 is 10.5 Å². The minimum absolute atomic E-state index is 0.174. The number of rotatable bonds is 6. The van der Waals surface area contributed by atoms with Crippen molar-refractivity contribution >= 4 is 0 Å². The first kappa shape index (κ1) is 13.0. The van der Waals surface area contributed by atoms with E-state index in [1.165, 1.54) is 5.56 Å². The van der Waals surface area contributed by atoms with Gasteiger partial charge < -0.3 is 15.2 Å². The summed E-state index contributed by atoms with van der Waals surface area (Å²) in [5.74, 6) is 0.901. The third-order valence-electron chi connectivity index (χ3n) is 2.28. The van der Waals surface area contributed by atoms with E-state index < -0.39 is 0 Å². The normalized spacial score (nSPS) is 12.5. The second-order valence-corrected chi connectivity index (χ2v) is 3.99. The maximum absolute atomic E-state index is 5.78. The molecule has 0 spiro atoms. The highest BCUT2D eigenvalue weighted by molar-refractivity contribution is 5.37. The number of ether oxygens (including phenoxy) is 2. The molecule has 0 heterocycles. The summed E-state index contributed by atoms with van der Waals surface area (Å²) in [5.41, 5.74) is 8.10. The van der Waals surface area contributed by atoms with Crippen molar-refractivity contribution in [1.29, 1.82) is 0 Å². The smallest absolute Gasteiger partial charge is 0.124 e. The molecule has 16 heavy (non-hydrogen) atoms. The van der Waals surface area contributed by atoms with Crippen LogP contribution in [0.25, 0.3) is 0 Å². The summed E-state index contributed by atoms with van der Waals surface area (Å²) in [7, 11) is 1.69. The Morgan fingerprint density at radius 3 is 2.69 bits per heavy atom. The van der Waals surface area contributed by atoms with Crippen LogP contribution in [0.3, 0.4) is 0 Å². The highest BCUT2D eigenvalue weighted by atomic mass is 16.5. The minimum Gasteiger partial charge on any atom is -0.494 e. The zero-order valence-corrected chi connectivity index (χ0v) is 10.3. The molecule has 1 aromatic carbocycles. The number of hydrogen-bond acceptors (Lipinski definition) is 3. The van der Waals surface area contributed by atoms with Gasteiger partial charge in [0, 0.05) is 18.7 Å². The first-order valence-corrected chi connectivity index (χ1v) is 5.66. The fraction of sp³-hybridized carbons (Fsp3) is 0.538. The molecule has 0 aromatic heterocycles. The average molecular weight is 223 g/mol. The van der Waals surface area contributed by atoms with Crippen molar-refractivity contribution in [2.24, 2.45) is 5.73 Å². The predicted molar refractivity (Wildman–Crippen MR) is 65.7 cm³/mol. The molecule has 0 aliphatic rings. The van der Waals surface area contributed by atoms with Gasteiger partial charge in [0.15, 0.2) is 0 Å². The Bertz CT molecular complexity index is 324. The van der Waals surface area contributed by atoms with E-state index in [4.69, 9.17) is 15.2 Å². The van der Waals surface area contributed by atoms with Crippen LogP contribution in [0.15, 0.2) is 18.2 Å². The lowest BCUT2D eigenvalue weighted by Gasteiger charge is -2.12. The van der Waals surface area contributed by atoms with Gasteiger partial charge in [-0.15, -0.1) is 0 Å². The van der Waals surface area contributed by atoms with E-state index in [1.807, 2.05) is 19.9 Å². The largest absolute Gasteiger partial charge is 0.494 e. The zero-order valence-electron chi connectivity index (χ0n) is 10.3. The molecule has 0 fully saturated rings. The van der Waals surface area contributed by atoms with E-state index in [0.717, 1.165) is 17.7 Å². The topological polar surface area (TPSA) is 44.5 Å². The van der Waals surface area contributed by atoms with Crippen LogP contribution in [0.1, 0.15) is 25.0 Å². The lowest BCUT2D eigenvalue weighted by Crippen LogP contribution is -2.17. The van der Waals surface area contributed by atoms with E-state index in [9.17, 15) is 0 Å². The maximum atomic E-state index is 5.78. The summed E-state index contributed by atoms with van der Waals surface area (Å²) in [5, 5.41) is 0. The third kappa shape index (κ3) is 3.83. The van der Waals surface area contributed by atoms with Crippen LogP contribution in [0.4, 0.5) is 0 Å². The molecule has 0 saturated carbocycles. The van der Waals surface area contributed by atoms with Gasteiger partial charge in [0.2, 0.25) is 0 Å². The van der Waals surface area contributed by atoms with Crippen molar-refractivity contribution in [3.8, 4) is 5.75 Å². The average Bonchev–Trinajstić information content (AvgIpc) is 2.21. The second-order valence-electron chi connectivity index (χ2n) is 3.99. The van der Waals surface area contributed by atoms with Gasteiger partial charge in [0.05, 0.1) is 13.2 Å². The minimum atomic E-state index is 0.174. The van der Waals surface area contributed by atoms with Crippen molar-refractivity contribution in [2.45, 2.75) is 32.9 Å². The number of hydrogen-bond donors (Lipinski definition) is 1. The Labute approximate surface area is 97.6 Å². The Morgan fingerprint density at radius 2 is 2.12 bits per heavy atom. The Morgan fingerprint density at radius 1 is 1.38 bits per heavy atom. The van der Waals surface area contributed by atoms with Crippen LogP contribution >= 0.6 is 0 Å². The molecule has 1 unspecified atom stereocenters. The Balaban J connectivity index is 2.87. The summed E-state index contributed by atoms with van der Waals surface area (Å²) >= 11 is 0. The second kappa shape index (κ2) is 6.51. The van der Waals surface area contributed by atoms with Crippen LogP contribution in [0.5, 0.6) is 5.75 Å². The lowest BCUT2D eigenvalue weighted by molar-refractivity contribution is 0.180. The number of methoxy groups -OCH3 is 1. The molecule has 90 valence electrons. The fourth-order valence-electron chi connectivity index (χ4n) is 1.70. The quantitative estimate of drug-likeness (QED) is 0.803. The summed E-state index contributed by atoms with van der Waals surface area (Å²) in [6.45, 7) is 5.23. The van der Waals surface area contributed by atoms with Gasteiger partial charge in [-0.25, -0.2) is 0 Å². The monoisotopic (exact) mass is 223 g/mol. The summed E-state index contributed by atoms with van der Waals surface area (Å²) in [4.78, 5) is 0. The van der Waals surface area contributed by atoms with Gasteiger partial charge in [-0.2, -0.15) is 0 Å². The molecule has 0 saturated heterocycles. The molecule has 0 radical (unpaired) electrons. The Hall–Kier alpha value is -1.06. The van der Waals surface area contributed by atoms with Gasteiger partial charge in [-0.3, -0.25) is 0 Å². The standard InChI is InChI=1S/C13H21NO2/c1-4-16-13-6-5-11(7-10(2)14)8-12(13)9-15-3/h5-6,8,10H,4,7,9,14H2,1-3H3. The molecule has 1 atom stereocenters. The van der Waals surface area contributed by atoms with Crippen molar-refractivity contribution in [1.82, 2.24) is 0 Å². The summed E-state index contributed by atoms with van der Waals surface area (Å²) in [6.07, 6.45) is 0.878. The number of benzene rings is 1. The third-order valence-corrected chi connectivity index (χ3v) is 2.28. The molecule has 3 heteroatoms. The SMILES string of the molecule is CCOc1ccc(CC(C)N)cc1COC. The molecule has 0 amide bonds. The first-order valence-electron chi connectivity index (χ1n) is 5.66. The van der Waals surface area contributed by atoms with Gasteiger partial charge >= 0.3 is 0 Å². The zero-order chi connectivity index (χ0) is 12.0. The highest BCUT2D eigenvalue weighted by Gasteiger charge is 2.06. The molecule has 0 aliphatic heterocycles. The van der Waals surface area contributed by atoms with Crippen LogP contribution in [0, 0.1) is 0 Å². The molecule has 0 bridgehead atoms. The highest BCUT2D eigenvalue weighted by Crippen LogP contribution is 2.21. The van der Waals surface area contributed by atoms with Crippen LogP contribution in [-0.2, 0) is 17.8 Å². The van der Waals surface area contributed by atoms with Crippen molar-refractivity contribution in [2.75, 3.05) is 13.7 Å². The molecule has 3 nitrogen and oxygen atoms in total. The van der Waals surface area contributed by atoms with E-state index in [-0.39, 0.29) is 6.04 Å². The molecule has 2 N–H and O–H groups in total. The first-order chi connectivity index (χ1) is 7.67. The van der Waals surface area contributed by atoms with Gasteiger partial charge in [-0.05, 0) is 38.0 Å². The maximum Gasteiger partial charge on any atom is 0.124 e. The number of nitrogens with two attached hydrogens (primary N) is 1. The molecular weight excluding hydrogens is 202 g/mol. The van der Waals surface area contributed by atoms with E-state index >= 15 is 0 Å². The summed E-state index contributed by atoms with van der Waals surface area (Å²) < 4.78 is 10.7. The molecular formula is C13H21NO2. The Kier molecular flexibility index (Phi) is 5.29. The van der Waals surface area contributed by atoms with Crippen LogP contribution in [-0.4, -0.2) is 19.8 Å². The predicted octanol–water partition coefficient (Wildman–Crippen LogP) is 2.12. The van der Waals surface area contributed by atoms with E-state index in [1.54, 1.807) is 7.11 Å². The lowest BCUT2D eigenvalue weighted by atomic mass is 10.0. The van der Waals surface area contributed by atoms with E-state index in [0.29, 0.717) is 13.2 Å². The fourth-order valence-corrected chi connectivity index (χ4v) is 1.70. The van der Waals surface area contributed by atoms with Crippen molar-refractivity contribution in [3.05, 3.63) is 29.3 Å². The van der Waals surface area contributed by atoms with Crippen molar-refractivity contribution < 1.29 is 9.47 Å². The van der Waals surface area contributed by atoms with Gasteiger partial charge in [0.1, 0.15) is 5.75 Å². The summed E-state index contributed by atoms with van der Waals surface area (Å²) in [6, 6.07) is 6.34. The van der Waals surface area contributed by atoms with Crippen LogP contribution in [0.2, 0.25) is 0 Å². The van der Waals surface area contributed by atoms with Gasteiger partial charge in [0.25, 0.3) is 0 Å². The van der Waals surface area contributed by atoms with Gasteiger partial charge in [-0.1, -0.05) is 6.07 Å². The van der Waals surface area contributed by atoms with E-state index in [2.05, 4.69) is 12.1 Å².